The van der Waals surface area contributed by atoms with Crippen molar-refractivity contribution < 1.29 is 9.53 Å². The number of carbonyl (C=O) groups is 1. The lowest BCUT2D eigenvalue weighted by atomic mass is 10.1. The van der Waals surface area contributed by atoms with Crippen molar-refractivity contribution in [1.82, 2.24) is 9.88 Å². The first-order chi connectivity index (χ1) is 9.63. The van der Waals surface area contributed by atoms with Gasteiger partial charge in [0.05, 0.1) is 6.61 Å². The maximum atomic E-state index is 12.3. The van der Waals surface area contributed by atoms with Gasteiger partial charge in [-0.3, -0.25) is 4.79 Å². The van der Waals surface area contributed by atoms with Crippen molar-refractivity contribution >= 4 is 16.8 Å². The maximum absolute atomic E-state index is 12.3. The largest absolute Gasteiger partial charge is 0.494 e. The number of benzene rings is 1. The molecule has 2 rings (SSSR count). The Morgan fingerprint density at radius 3 is 2.65 bits per heavy atom. The molecule has 0 atom stereocenters. The van der Waals surface area contributed by atoms with Crippen molar-refractivity contribution in [2.75, 3.05) is 13.2 Å². The Balaban J connectivity index is 2.63. The Morgan fingerprint density at radius 1 is 1.30 bits per heavy atom. The first kappa shape index (κ1) is 14.4. The Kier molecular flexibility index (Phi) is 4.32. The molecule has 0 spiro atoms. The molecule has 0 bridgehead atoms. The monoisotopic (exact) mass is 274 g/mol. The molecule has 1 aromatic heterocycles. The third-order valence-corrected chi connectivity index (χ3v) is 3.47. The van der Waals surface area contributed by atoms with Crippen LogP contribution in [0.5, 0.6) is 5.75 Å². The number of aryl methyl sites for hydroxylation is 2. The first-order valence-electron chi connectivity index (χ1n) is 7.17. The summed E-state index contributed by atoms with van der Waals surface area (Å²) in [5.41, 5.74) is 2.84. The standard InChI is InChI=1S/C16H22N2O2/c1-5-17-16(19)15-11(4)13-10-12(20-7-3)8-9-14(13)18(15)6-2/h8-10H,5-7H2,1-4H3,(H,17,19). The second kappa shape index (κ2) is 5.99. The Labute approximate surface area is 119 Å². The molecule has 0 aliphatic heterocycles. The van der Waals surface area contributed by atoms with Crippen LogP contribution in [0.15, 0.2) is 18.2 Å². The van der Waals surface area contributed by atoms with Crippen LogP contribution in [0, 0.1) is 6.92 Å². The van der Waals surface area contributed by atoms with Crippen LogP contribution in [0.2, 0.25) is 0 Å². The molecule has 2 aromatic rings. The van der Waals surface area contributed by atoms with Crippen LogP contribution in [-0.4, -0.2) is 23.6 Å². The molecular formula is C16H22N2O2. The summed E-state index contributed by atoms with van der Waals surface area (Å²) in [6, 6.07) is 6.00. The van der Waals surface area contributed by atoms with Gasteiger partial charge in [0.1, 0.15) is 11.4 Å². The van der Waals surface area contributed by atoms with Crippen molar-refractivity contribution in [3.05, 3.63) is 29.5 Å². The summed E-state index contributed by atoms with van der Waals surface area (Å²) in [7, 11) is 0. The molecule has 0 aliphatic rings. The third-order valence-electron chi connectivity index (χ3n) is 3.47. The summed E-state index contributed by atoms with van der Waals surface area (Å²) in [5.74, 6) is 0.833. The SMILES string of the molecule is CCNC(=O)c1c(C)c2cc(OCC)ccc2n1CC. The van der Waals surface area contributed by atoms with Gasteiger partial charge in [-0.1, -0.05) is 0 Å². The minimum Gasteiger partial charge on any atom is -0.494 e. The molecule has 1 amide bonds. The van der Waals surface area contributed by atoms with Crippen molar-refractivity contribution in [2.45, 2.75) is 34.2 Å². The highest BCUT2D eigenvalue weighted by atomic mass is 16.5. The number of ether oxygens (including phenoxy) is 1. The second-order valence-corrected chi connectivity index (χ2v) is 4.69. The van der Waals surface area contributed by atoms with Crippen molar-refractivity contribution in [2.24, 2.45) is 0 Å². The van der Waals surface area contributed by atoms with Crippen molar-refractivity contribution in [1.29, 1.82) is 0 Å². The van der Waals surface area contributed by atoms with Gasteiger partial charge in [-0.05, 0) is 51.5 Å². The quantitative estimate of drug-likeness (QED) is 0.910. The second-order valence-electron chi connectivity index (χ2n) is 4.69. The highest BCUT2D eigenvalue weighted by molar-refractivity contribution is 6.01. The van der Waals surface area contributed by atoms with E-state index in [0.717, 1.165) is 34.5 Å². The van der Waals surface area contributed by atoms with E-state index in [1.54, 1.807) is 0 Å². The smallest absolute Gasteiger partial charge is 0.268 e. The van der Waals surface area contributed by atoms with E-state index in [4.69, 9.17) is 4.74 Å². The number of hydrogen-bond acceptors (Lipinski definition) is 2. The van der Waals surface area contributed by atoms with Crippen LogP contribution in [0.1, 0.15) is 36.8 Å². The minimum atomic E-state index is -0.0130. The average molecular weight is 274 g/mol. The van der Waals surface area contributed by atoms with Gasteiger partial charge in [-0.2, -0.15) is 0 Å². The third kappa shape index (κ3) is 2.38. The molecule has 0 aliphatic carbocycles. The van der Waals surface area contributed by atoms with Gasteiger partial charge >= 0.3 is 0 Å². The summed E-state index contributed by atoms with van der Waals surface area (Å²) >= 11 is 0. The summed E-state index contributed by atoms with van der Waals surface area (Å²) in [6.07, 6.45) is 0. The molecule has 0 unspecified atom stereocenters. The average Bonchev–Trinajstić information content (AvgIpc) is 2.72. The van der Waals surface area contributed by atoms with E-state index >= 15 is 0 Å². The van der Waals surface area contributed by atoms with Crippen LogP contribution in [0.3, 0.4) is 0 Å². The van der Waals surface area contributed by atoms with E-state index < -0.39 is 0 Å². The lowest BCUT2D eigenvalue weighted by molar-refractivity contribution is 0.0946. The minimum absolute atomic E-state index is 0.0130. The van der Waals surface area contributed by atoms with E-state index in [9.17, 15) is 4.79 Å². The summed E-state index contributed by atoms with van der Waals surface area (Å²) in [4.78, 5) is 12.3. The lowest BCUT2D eigenvalue weighted by Crippen LogP contribution is -2.26. The van der Waals surface area contributed by atoms with E-state index in [1.807, 2.05) is 39.0 Å². The fraction of sp³-hybridized carbons (Fsp3) is 0.438. The highest BCUT2D eigenvalue weighted by Crippen LogP contribution is 2.29. The van der Waals surface area contributed by atoms with E-state index in [2.05, 4.69) is 16.8 Å². The van der Waals surface area contributed by atoms with Gasteiger partial charge in [0, 0.05) is 24.0 Å². The molecule has 1 N–H and O–H groups in total. The summed E-state index contributed by atoms with van der Waals surface area (Å²) in [5, 5.41) is 3.97. The van der Waals surface area contributed by atoms with Gasteiger partial charge in [0.15, 0.2) is 0 Å². The predicted octanol–water partition coefficient (Wildman–Crippen LogP) is 3.12. The molecule has 0 saturated heterocycles. The van der Waals surface area contributed by atoms with E-state index in [-0.39, 0.29) is 5.91 Å². The van der Waals surface area contributed by atoms with Crippen molar-refractivity contribution in [3.63, 3.8) is 0 Å². The summed E-state index contributed by atoms with van der Waals surface area (Å²) in [6.45, 7) is 9.99. The molecule has 0 fully saturated rings. The first-order valence-corrected chi connectivity index (χ1v) is 7.17. The molecule has 0 radical (unpaired) electrons. The number of aromatic nitrogens is 1. The number of fused-ring (bicyclic) bond motifs is 1. The normalized spacial score (nSPS) is 10.8. The van der Waals surface area contributed by atoms with Crippen LogP contribution in [0.25, 0.3) is 10.9 Å². The topological polar surface area (TPSA) is 43.3 Å². The van der Waals surface area contributed by atoms with Gasteiger partial charge in [0.2, 0.25) is 0 Å². The molecule has 1 aromatic carbocycles. The number of carbonyl (C=O) groups excluding carboxylic acids is 1. The molecule has 1 heterocycles. The van der Waals surface area contributed by atoms with E-state index in [1.165, 1.54) is 0 Å². The molecule has 0 saturated carbocycles. The maximum Gasteiger partial charge on any atom is 0.268 e. The fourth-order valence-corrected chi connectivity index (χ4v) is 2.62. The lowest BCUT2D eigenvalue weighted by Gasteiger charge is -2.08. The predicted molar refractivity (Wildman–Crippen MR) is 81.5 cm³/mol. The van der Waals surface area contributed by atoms with E-state index in [0.29, 0.717) is 13.2 Å². The van der Waals surface area contributed by atoms with Gasteiger partial charge < -0.3 is 14.6 Å². The zero-order chi connectivity index (χ0) is 14.7. The van der Waals surface area contributed by atoms with Gasteiger partial charge in [0.25, 0.3) is 5.91 Å². The van der Waals surface area contributed by atoms with Crippen LogP contribution in [-0.2, 0) is 6.54 Å². The number of hydrogen-bond donors (Lipinski definition) is 1. The van der Waals surface area contributed by atoms with Crippen LogP contribution < -0.4 is 10.1 Å². The zero-order valence-corrected chi connectivity index (χ0v) is 12.6. The van der Waals surface area contributed by atoms with Gasteiger partial charge in [-0.25, -0.2) is 0 Å². The van der Waals surface area contributed by atoms with Crippen LogP contribution in [0.4, 0.5) is 0 Å². The number of nitrogens with one attached hydrogen (secondary N) is 1. The Bertz CT molecular complexity index is 629. The molecular weight excluding hydrogens is 252 g/mol. The number of nitrogens with zero attached hydrogens (tertiary/aromatic N) is 1. The van der Waals surface area contributed by atoms with Gasteiger partial charge in [-0.15, -0.1) is 0 Å². The Hall–Kier alpha value is -1.97. The number of rotatable bonds is 5. The molecule has 20 heavy (non-hydrogen) atoms. The van der Waals surface area contributed by atoms with Crippen LogP contribution >= 0.6 is 0 Å². The molecule has 4 heteroatoms. The summed E-state index contributed by atoms with van der Waals surface area (Å²) < 4.78 is 7.61. The Morgan fingerprint density at radius 2 is 2.05 bits per heavy atom. The number of amides is 1. The zero-order valence-electron chi connectivity index (χ0n) is 12.6. The highest BCUT2D eigenvalue weighted by Gasteiger charge is 2.19. The van der Waals surface area contributed by atoms with Crippen molar-refractivity contribution in [3.8, 4) is 5.75 Å². The fourth-order valence-electron chi connectivity index (χ4n) is 2.62. The molecule has 4 nitrogen and oxygen atoms in total. The molecule has 108 valence electrons.